The summed E-state index contributed by atoms with van der Waals surface area (Å²) in [5.74, 6) is -6.60. The van der Waals surface area contributed by atoms with Crippen LogP contribution in [-0.4, -0.2) is 42.6 Å². The van der Waals surface area contributed by atoms with E-state index in [0.29, 0.717) is 12.6 Å². The molecule has 1 aromatic rings. The van der Waals surface area contributed by atoms with Gasteiger partial charge in [0.2, 0.25) is 5.82 Å². The number of phenols is 1. The lowest BCUT2D eigenvalue weighted by Gasteiger charge is -2.27. The lowest BCUT2D eigenvalue weighted by Crippen LogP contribution is -2.39. The minimum Gasteiger partial charge on any atom is -0.503 e. The van der Waals surface area contributed by atoms with Crippen LogP contribution in [0.25, 0.3) is 0 Å². The maximum Gasteiger partial charge on any atom is 0.256 e. The molecule has 1 aromatic carbocycles. The molecule has 0 spiro atoms. The summed E-state index contributed by atoms with van der Waals surface area (Å²) in [6.45, 7) is 2.06. The van der Waals surface area contributed by atoms with E-state index in [2.05, 4.69) is 5.32 Å². The van der Waals surface area contributed by atoms with Crippen molar-refractivity contribution in [2.24, 2.45) is 5.92 Å². The van der Waals surface area contributed by atoms with Gasteiger partial charge in [0.05, 0.1) is 5.56 Å². The van der Waals surface area contributed by atoms with Crippen LogP contribution in [0.4, 0.5) is 13.2 Å². The van der Waals surface area contributed by atoms with E-state index in [0.717, 1.165) is 25.9 Å². The van der Waals surface area contributed by atoms with Crippen LogP contribution in [0.5, 0.6) is 5.75 Å². The standard InChI is InChI=1S/C14H17F3N2O2/c1-19(7-8-3-2-4-18-6-8)14(21)9-5-10(15)12(17)13(20)11(9)16/h5,8,18,20H,2-4,6-7H2,1H3. The molecule has 4 nitrogen and oxygen atoms in total. The number of piperidine rings is 1. The van der Waals surface area contributed by atoms with E-state index in [4.69, 9.17) is 5.11 Å². The molecular formula is C14H17F3N2O2. The molecule has 0 aliphatic carbocycles. The minimum atomic E-state index is -1.69. The van der Waals surface area contributed by atoms with E-state index in [1.807, 2.05) is 0 Å². The van der Waals surface area contributed by atoms with E-state index in [-0.39, 0.29) is 5.92 Å². The molecule has 0 aromatic heterocycles. The monoisotopic (exact) mass is 302 g/mol. The zero-order chi connectivity index (χ0) is 15.6. The first-order valence-corrected chi connectivity index (χ1v) is 6.74. The highest BCUT2D eigenvalue weighted by Gasteiger charge is 2.26. The van der Waals surface area contributed by atoms with Crippen LogP contribution in [0.15, 0.2) is 6.07 Å². The molecule has 2 rings (SSSR count). The quantitative estimate of drug-likeness (QED) is 0.838. The molecule has 116 valence electrons. The highest BCUT2D eigenvalue weighted by Crippen LogP contribution is 2.26. The Morgan fingerprint density at radius 3 is 2.76 bits per heavy atom. The Balaban J connectivity index is 2.15. The summed E-state index contributed by atoms with van der Waals surface area (Å²) in [4.78, 5) is 13.4. The second-order valence-corrected chi connectivity index (χ2v) is 5.28. The summed E-state index contributed by atoms with van der Waals surface area (Å²) in [5.41, 5.74) is -0.669. The Labute approximate surface area is 120 Å². The number of nitrogens with zero attached hydrogens (tertiary/aromatic N) is 1. The van der Waals surface area contributed by atoms with Gasteiger partial charge in [-0.25, -0.2) is 8.78 Å². The van der Waals surface area contributed by atoms with Gasteiger partial charge in [-0.15, -0.1) is 0 Å². The average molecular weight is 302 g/mol. The van der Waals surface area contributed by atoms with Gasteiger partial charge in [-0.05, 0) is 37.9 Å². The molecule has 1 unspecified atom stereocenters. The third kappa shape index (κ3) is 3.29. The first-order valence-electron chi connectivity index (χ1n) is 6.74. The Bertz CT molecular complexity index is 546. The number of rotatable bonds is 3. The van der Waals surface area contributed by atoms with Crippen LogP contribution in [0.3, 0.4) is 0 Å². The molecule has 0 bridgehead atoms. The van der Waals surface area contributed by atoms with Gasteiger partial charge in [0.25, 0.3) is 5.91 Å². The number of phenolic OH excluding ortho intramolecular Hbond substituents is 1. The van der Waals surface area contributed by atoms with Gasteiger partial charge in [0.1, 0.15) is 0 Å². The second kappa shape index (κ2) is 6.34. The van der Waals surface area contributed by atoms with Crippen molar-refractivity contribution >= 4 is 5.91 Å². The highest BCUT2D eigenvalue weighted by molar-refractivity contribution is 5.94. The van der Waals surface area contributed by atoms with Gasteiger partial charge in [-0.3, -0.25) is 4.79 Å². The molecule has 21 heavy (non-hydrogen) atoms. The fourth-order valence-electron chi connectivity index (χ4n) is 2.50. The average Bonchev–Trinajstić information content (AvgIpc) is 2.49. The van der Waals surface area contributed by atoms with Crippen molar-refractivity contribution in [3.05, 3.63) is 29.1 Å². The molecular weight excluding hydrogens is 285 g/mol. The molecule has 1 amide bonds. The topological polar surface area (TPSA) is 52.6 Å². The molecule has 2 N–H and O–H groups in total. The number of amides is 1. The lowest BCUT2D eigenvalue weighted by molar-refractivity contribution is 0.0758. The van der Waals surface area contributed by atoms with Crippen LogP contribution < -0.4 is 5.32 Å². The van der Waals surface area contributed by atoms with E-state index in [9.17, 15) is 18.0 Å². The smallest absolute Gasteiger partial charge is 0.256 e. The number of benzene rings is 1. The third-order valence-corrected chi connectivity index (χ3v) is 3.64. The number of hydrogen-bond donors (Lipinski definition) is 2. The predicted molar refractivity (Wildman–Crippen MR) is 70.5 cm³/mol. The lowest BCUT2D eigenvalue weighted by atomic mass is 9.99. The number of carbonyl (C=O) groups is 1. The number of nitrogens with one attached hydrogen (secondary N) is 1. The Kier molecular flexibility index (Phi) is 4.72. The van der Waals surface area contributed by atoms with Crippen molar-refractivity contribution in [3.63, 3.8) is 0 Å². The normalized spacial score (nSPS) is 18.6. The molecule has 1 aliphatic heterocycles. The van der Waals surface area contributed by atoms with Crippen LogP contribution in [-0.2, 0) is 0 Å². The van der Waals surface area contributed by atoms with Crippen molar-refractivity contribution in [2.45, 2.75) is 12.8 Å². The molecule has 0 radical (unpaired) electrons. The summed E-state index contributed by atoms with van der Waals surface area (Å²) < 4.78 is 39.9. The predicted octanol–water partition coefficient (Wildman–Crippen LogP) is 1.88. The van der Waals surface area contributed by atoms with Crippen LogP contribution in [0.2, 0.25) is 0 Å². The first kappa shape index (κ1) is 15.6. The minimum absolute atomic E-state index is 0.231. The first-order chi connectivity index (χ1) is 9.91. The van der Waals surface area contributed by atoms with Gasteiger partial charge in [0.15, 0.2) is 17.4 Å². The zero-order valence-corrected chi connectivity index (χ0v) is 11.6. The van der Waals surface area contributed by atoms with E-state index >= 15 is 0 Å². The highest BCUT2D eigenvalue weighted by atomic mass is 19.2. The van der Waals surface area contributed by atoms with Crippen LogP contribution in [0.1, 0.15) is 23.2 Å². The van der Waals surface area contributed by atoms with Crippen molar-refractivity contribution in [1.29, 1.82) is 0 Å². The summed E-state index contributed by atoms with van der Waals surface area (Å²) in [6, 6.07) is 0.475. The van der Waals surface area contributed by atoms with Crippen molar-refractivity contribution in [3.8, 4) is 5.75 Å². The second-order valence-electron chi connectivity index (χ2n) is 5.28. The number of hydrogen-bond acceptors (Lipinski definition) is 3. The fraction of sp³-hybridized carbons (Fsp3) is 0.500. The number of carbonyl (C=O) groups excluding carboxylic acids is 1. The fourth-order valence-corrected chi connectivity index (χ4v) is 2.50. The third-order valence-electron chi connectivity index (χ3n) is 3.64. The van der Waals surface area contributed by atoms with Gasteiger partial charge in [-0.1, -0.05) is 0 Å². The van der Waals surface area contributed by atoms with Crippen LogP contribution >= 0.6 is 0 Å². The van der Waals surface area contributed by atoms with Gasteiger partial charge in [0, 0.05) is 13.6 Å². The van der Waals surface area contributed by atoms with Crippen LogP contribution in [0, 0.1) is 23.4 Å². The maximum absolute atomic E-state index is 13.7. The molecule has 7 heteroatoms. The van der Waals surface area contributed by atoms with Gasteiger partial charge in [-0.2, -0.15) is 4.39 Å². The Morgan fingerprint density at radius 1 is 1.43 bits per heavy atom. The van der Waals surface area contributed by atoms with E-state index in [1.54, 1.807) is 0 Å². The molecule has 0 saturated carbocycles. The number of halogens is 3. The van der Waals surface area contributed by atoms with Crippen molar-refractivity contribution < 1.29 is 23.1 Å². The van der Waals surface area contributed by atoms with E-state index < -0.39 is 34.7 Å². The molecule has 1 fully saturated rings. The summed E-state index contributed by atoms with van der Waals surface area (Å²) in [5, 5.41) is 12.3. The largest absolute Gasteiger partial charge is 0.503 e. The van der Waals surface area contributed by atoms with Gasteiger partial charge < -0.3 is 15.3 Å². The van der Waals surface area contributed by atoms with Crippen molar-refractivity contribution in [2.75, 3.05) is 26.7 Å². The maximum atomic E-state index is 13.7. The summed E-state index contributed by atoms with van der Waals surface area (Å²) in [7, 11) is 1.47. The zero-order valence-electron chi connectivity index (χ0n) is 11.6. The molecule has 1 aliphatic rings. The molecule has 1 atom stereocenters. The molecule has 1 saturated heterocycles. The van der Waals surface area contributed by atoms with E-state index in [1.165, 1.54) is 11.9 Å². The Hall–Kier alpha value is -1.76. The van der Waals surface area contributed by atoms with Gasteiger partial charge >= 0.3 is 0 Å². The SMILES string of the molecule is CN(CC1CCCNC1)C(=O)c1cc(F)c(F)c(O)c1F. The summed E-state index contributed by atoms with van der Waals surface area (Å²) in [6.07, 6.45) is 1.93. The number of aromatic hydroxyl groups is 1. The molecule has 1 heterocycles. The van der Waals surface area contributed by atoms with Crippen molar-refractivity contribution in [1.82, 2.24) is 10.2 Å². The summed E-state index contributed by atoms with van der Waals surface area (Å²) >= 11 is 0. The Morgan fingerprint density at radius 2 is 2.14 bits per heavy atom.